The first-order chi connectivity index (χ1) is 16.7. The minimum Gasteiger partial charge on any atom is -0.494 e. The summed E-state index contributed by atoms with van der Waals surface area (Å²) in [6.45, 7) is 9.45. The van der Waals surface area contributed by atoms with Crippen LogP contribution in [0.1, 0.15) is 45.6 Å². The molecular weight excluding hydrogens is 446 g/mol. The molecule has 1 aromatic rings. The molecule has 1 fully saturated rings. The molecular formula is C26H37N5O4. The van der Waals surface area contributed by atoms with Gasteiger partial charge in [0.05, 0.1) is 30.7 Å². The molecule has 0 unspecified atom stereocenters. The maximum Gasteiger partial charge on any atom is 0.339 e. The lowest BCUT2D eigenvalue weighted by Crippen LogP contribution is -2.31. The third-order valence-electron chi connectivity index (χ3n) is 4.83. The van der Waals surface area contributed by atoms with E-state index in [0.29, 0.717) is 34.2 Å². The molecule has 0 spiro atoms. The maximum atomic E-state index is 12.3. The molecule has 1 aromatic carbocycles. The summed E-state index contributed by atoms with van der Waals surface area (Å²) < 4.78 is 10.6. The van der Waals surface area contributed by atoms with Crippen molar-refractivity contribution in [2.75, 3.05) is 26.1 Å². The third-order valence-corrected chi connectivity index (χ3v) is 4.83. The highest BCUT2D eigenvalue weighted by Crippen LogP contribution is 2.31. The van der Waals surface area contributed by atoms with E-state index in [-0.39, 0.29) is 24.0 Å². The molecule has 1 aliphatic carbocycles. The average Bonchev–Trinajstić information content (AvgIpc) is 3.69. The van der Waals surface area contributed by atoms with Gasteiger partial charge >= 0.3 is 5.97 Å². The van der Waals surface area contributed by atoms with Gasteiger partial charge in [0.1, 0.15) is 5.84 Å². The Bertz CT molecular complexity index is 1010. The first kappa shape index (κ1) is 29.2. The number of ether oxygens (including phenoxy) is 2. The van der Waals surface area contributed by atoms with Crippen molar-refractivity contribution in [2.24, 2.45) is 16.6 Å². The number of carbonyl (C=O) groups is 2. The summed E-state index contributed by atoms with van der Waals surface area (Å²) in [5, 5.41) is 13.8. The highest BCUT2D eigenvalue weighted by molar-refractivity contribution is 6.08. The summed E-state index contributed by atoms with van der Waals surface area (Å²) in [7, 11) is 3.05. The minimum absolute atomic E-state index is 0.00663. The Labute approximate surface area is 207 Å². The number of esters is 1. The van der Waals surface area contributed by atoms with Gasteiger partial charge in [-0.25, -0.2) is 4.79 Å². The second-order valence-electron chi connectivity index (χ2n) is 7.60. The normalized spacial score (nSPS) is 13.4. The second-order valence-corrected chi connectivity index (χ2v) is 7.60. The first-order valence-electron chi connectivity index (χ1n) is 11.5. The van der Waals surface area contributed by atoms with Crippen LogP contribution < -0.4 is 21.1 Å². The molecule has 1 aliphatic rings. The Morgan fingerprint density at radius 3 is 2.46 bits per heavy atom. The highest BCUT2D eigenvalue weighted by Gasteiger charge is 2.30. The molecule has 9 heteroatoms. The molecule has 9 nitrogen and oxygen atoms in total. The van der Waals surface area contributed by atoms with E-state index < -0.39 is 5.97 Å². The quantitative estimate of drug-likeness (QED) is 0.131. The van der Waals surface area contributed by atoms with Gasteiger partial charge in [0.25, 0.3) is 0 Å². The molecule has 2 rings (SSSR count). The number of rotatable bonds is 10. The lowest BCUT2D eigenvalue weighted by molar-refractivity contribution is -0.138. The lowest BCUT2D eigenvalue weighted by Gasteiger charge is -2.18. The number of para-hydroxylation sites is 1. The summed E-state index contributed by atoms with van der Waals surface area (Å²) in [6.07, 6.45) is 7.75. The van der Waals surface area contributed by atoms with E-state index in [1.807, 2.05) is 13.0 Å². The van der Waals surface area contributed by atoms with E-state index in [1.54, 1.807) is 45.3 Å². The number of amides is 1. The van der Waals surface area contributed by atoms with Crippen molar-refractivity contribution in [1.29, 1.82) is 5.41 Å². The van der Waals surface area contributed by atoms with Crippen LogP contribution in [-0.4, -0.2) is 44.2 Å². The van der Waals surface area contributed by atoms with E-state index in [2.05, 4.69) is 22.2 Å². The smallest absolute Gasteiger partial charge is 0.339 e. The van der Waals surface area contributed by atoms with Crippen LogP contribution in [0.2, 0.25) is 0 Å². The van der Waals surface area contributed by atoms with Crippen LogP contribution in [-0.2, 0) is 14.3 Å². The van der Waals surface area contributed by atoms with E-state index in [4.69, 9.17) is 20.6 Å². The third kappa shape index (κ3) is 9.48. The predicted octanol–water partition coefficient (Wildman–Crippen LogP) is 3.92. The number of anilines is 1. The van der Waals surface area contributed by atoms with Gasteiger partial charge in [-0.2, -0.15) is 0 Å². The second kappa shape index (κ2) is 15.1. The number of nitrogens with zero attached hydrogens (tertiary/aromatic N) is 1. The Kier molecular flexibility index (Phi) is 12.6. The Hall–Kier alpha value is -3.88. The summed E-state index contributed by atoms with van der Waals surface area (Å²) in [5.41, 5.74) is 6.79. The number of aliphatic imine (C=N–C) groups is 1. The van der Waals surface area contributed by atoms with Gasteiger partial charge in [-0.1, -0.05) is 25.6 Å². The number of hydrogen-bond donors (Lipinski definition) is 4. The first-order valence-corrected chi connectivity index (χ1v) is 11.5. The summed E-state index contributed by atoms with van der Waals surface area (Å²) >= 11 is 0. The topological polar surface area (TPSA) is 139 Å². The van der Waals surface area contributed by atoms with Crippen LogP contribution in [0.3, 0.4) is 0 Å². The molecule has 0 radical (unpaired) electrons. The zero-order chi connectivity index (χ0) is 26.4. The van der Waals surface area contributed by atoms with Gasteiger partial charge in [-0.3, -0.25) is 9.79 Å². The van der Waals surface area contributed by atoms with Crippen molar-refractivity contribution in [2.45, 2.75) is 40.0 Å². The molecule has 0 heterocycles. The average molecular weight is 484 g/mol. The van der Waals surface area contributed by atoms with Gasteiger partial charge in [-0.15, -0.1) is 0 Å². The van der Waals surface area contributed by atoms with Crippen LogP contribution in [0.5, 0.6) is 5.75 Å². The predicted molar refractivity (Wildman–Crippen MR) is 141 cm³/mol. The van der Waals surface area contributed by atoms with E-state index in [9.17, 15) is 9.59 Å². The fourth-order valence-electron chi connectivity index (χ4n) is 2.83. The number of nitrogens with two attached hydrogens (primary N) is 1. The van der Waals surface area contributed by atoms with E-state index >= 15 is 0 Å². The molecule has 0 aromatic heterocycles. The largest absolute Gasteiger partial charge is 0.494 e. The van der Waals surface area contributed by atoms with Crippen LogP contribution in [0, 0.1) is 11.3 Å². The number of allylic oxidation sites excluding steroid dienone is 1. The molecule has 0 atom stereocenters. The molecule has 1 amide bonds. The van der Waals surface area contributed by atoms with E-state index in [1.165, 1.54) is 13.2 Å². The van der Waals surface area contributed by atoms with Gasteiger partial charge in [-0.05, 0) is 51.4 Å². The number of carbonyl (C=O) groups excluding carboxylic acids is 2. The van der Waals surface area contributed by atoms with Crippen molar-refractivity contribution in [1.82, 2.24) is 5.32 Å². The fraction of sp³-hybridized carbons (Fsp3) is 0.385. The van der Waals surface area contributed by atoms with Gasteiger partial charge in [0.2, 0.25) is 5.91 Å². The number of amidine groups is 1. The summed E-state index contributed by atoms with van der Waals surface area (Å²) in [4.78, 5) is 28.6. The monoisotopic (exact) mass is 483 g/mol. The zero-order valence-electron chi connectivity index (χ0n) is 21.2. The molecule has 190 valence electrons. The number of nitrogens with one attached hydrogen (secondary N) is 3. The number of methoxy groups -OCH3 is 1. The SMILES string of the molecule is C=C(C(=O)OCC)/C(=C\C(=NC)NC(=O)C1CC1)Nc1cccc(C(C)=N)c1OC.CC/C=C/N. The number of hydrogen-bond acceptors (Lipinski definition) is 8. The molecule has 5 N–H and O–H groups in total. The molecule has 0 saturated heterocycles. The molecule has 0 aliphatic heterocycles. The van der Waals surface area contributed by atoms with Crippen molar-refractivity contribution < 1.29 is 19.1 Å². The Balaban J connectivity index is 0.00000111. The van der Waals surface area contributed by atoms with Crippen molar-refractivity contribution >= 4 is 29.1 Å². The number of benzene rings is 1. The van der Waals surface area contributed by atoms with Crippen LogP contribution >= 0.6 is 0 Å². The van der Waals surface area contributed by atoms with Gasteiger partial charge in [0.15, 0.2) is 5.75 Å². The molecule has 1 saturated carbocycles. The summed E-state index contributed by atoms with van der Waals surface area (Å²) in [6, 6.07) is 5.29. The molecule has 0 bridgehead atoms. The van der Waals surface area contributed by atoms with Crippen molar-refractivity contribution in [3.05, 3.63) is 60.0 Å². The van der Waals surface area contributed by atoms with Crippen LogP contribution in [0.4, 0.5) is 5.69 Å². The lowest BCUT2D eigenvalue weighted by atomic mass is 10.1. The van der Waals surface area contributed by atoms with Crippen molar-refractivity contribution in [3.63, 3.8) is 0 Å². The molecule has 35 heavy (non-hydrogen) atoms. The Morgan fingerprint density at radius 2 is 2.00 bits per heavy atom. The highest BCUT2D eigenvalue weighted by atomic mass is 16.5. The Morgan fingerprint density at radius 1 is 1.31 bits per heavy atom. The standard InChI is InChI=1S/C22H28N4O4.C4H9N/c1-6-30-22(28)13(2)18(12-19(24-4)26-21(27)15-10-11-15)25-17-9-7-8-16(14(3)23)20(17)29-5;1-2-3-4-5/h7-9,12,15,23,25H,2,6,10-11H2,1,3-5H3,(H,24,26,27);3-4H,2,5H2,1H3/b18-12+,23-14?;4-3+. The van der Waals surface area contributed by atoms with Gasteiger partial charge < -0.3 is 31.3 Å². The fourth-order valence-corrected chi connectivity index (χ4v) is 2.83. The van der Waals surface area contributed by atoms with E-state index in [0.717, 1.165) is 19.3 Å². The van der Waals surface area contributed by atoms with Crippen LogP contribution in [0.15, 0.2) is 59.4 Å². The maximum absolute atomic E-state index is 12.3. The van der Waals surface area contributed by atoms with Gasteiger partial charge in [0, 0.05) is 30.3 Å². The summed E-state index contributed by atoms with van der Waals surface area (Å²) in [5.74, 6) is 0.0421. The minimum atomic E-state index is -0.599. The zero-order valence-corrected chi connectivity index (χ0v) is 21.2. The van der Waals surface area contributed by atoms with Crippen LogP contribution in [0.25, 0.3) is 0 Å². The van der Waals surface area contributed by atoms with Crippen molar-refractivity contribution in [3.8, 4) is 5.75 Å².